The second kappa shape index (κ2) is 10.3. The minimum absolute atomic E-state index is 0.296. The molecule has 180 valence electrons. The first kappa shape index (κ1) is 23.9. The van der Waals surface area contributed by atoms with Crippen LogP contribution in [0.4, 0.5) is 4.79 Å². The number of carbonyl (C=O) groups excluding carboxylic acids is 2. The van der Waals surface area contributed by atoms with E-state index in [1.807, 2.05) is 50.2 Å². The summed E-state index contributed by atoms with van der Waals surface area (Å²) in [6.45, 7) is 4.48. The molecule has 0 bridgehead atoms. The van der Waals surface area contributed by atoms with Gasteiger partial charge in [-0.15, -0.1) is 0 Å². The third-order valence-electron chi connectivity index (χ3n) is 5.95. The fourth-order valence-electron chi connectivity index (χ4n) is 4.07. The Kier molecular flexibility index (Phi) is 7.06. The van der Waals surface area contributed by atoms with Gasteiger partial charge < -0.3 is 24.8 Å². The van der Waals surface area contributed by atoms with E-state index in [4.69, 9.17) is 14.2 Å². The van der Waals surface area contributed by atoms with Crippen LogP contribution in [0.2, 0.25) is 0 Å². The maximum absolute atomic E-state index is 12.9. The van der Waals surface area contributed by atoms with Crippen molar-refractivity contribution < 1.29 is 23.8 Å². The number of esters is 1. The van der Waals surface area contributed by atoms with E-state index < -0.39 is 18.0 Å². The van der Waals surface area contributed by atoms with E-state index in [-0.39, 0.29) is 0 Å². The zero-order valence-electron chi connectivity index (χ0n) is 20.2. The highest BCUT2D eigenvalue weighted by atomic mass is 16.5. The summed E-state index contributed by atoms with van der Waals surface area (Å²) in [5, 5.41) is 5.59. The molecule has 0 saturated heterocycles. The zero-order valence-corrected chi connectivity index (χ0v) is 20.2. The predicted molar refractivity (Wildman–Crippen MR) is 133 cm³/mol. The molecule has 7 nitrogen and oxygen atoms in total. The molecule has 0 spiro atoms. The topological polar surface area (TPSA) is 85.9 Å². The number of carbonyl (C=O) groups is 2. The summed E-state index contributed by atoms with van der Waals surface area (Å²) in [6.07, 6.45) is 0. The summed E-state index contributed by atoms with van der Waals surface area (Å²) in [5.74, 6) is 0.505. The number of rotatable bonds is 7. The van der Waals surface area contributed by atoms with E-state index in [2.05, 4.69) is 28.8 Å². The molecule has 0 radical (unpaired) electrons. The van der Waals surface area contributed by atoms with Crippen LogP contribution >= 0.6 is 0 Å². The van der Waals surface area contributed by atoms with Gasteiger partial charge in [0.1, 0.15) is 6.61 Å². The summed E-state index contributed by atoms with van der Waals surface area (Å²) in [5.41, 5.74) is 5.45. The van der Waals surface area contributed by atoms with Gasteiger partial charge in [-0.1, -0.05) is 60.2 Å². The van der Waals surface area contributed by atoms with Crippen molar-refractivity contribution in [2.24, 2.45) is 0 Å². The quantitative estimate of drug-likeness (QED) is 0.481. The Morgan fingerprint density at radius 1 is 0.943 bits per heavy atom. The molecule has 35 heavy (non-hydrogen) atoms. The molecular formula is C28H28N2O5. The molecule has 0 fully saturated rings. The monoisotopic (exact) mass is 472 g/mol. The van der Waals surface area contributed by atoms with Gasteiger partial charge in [0, 0.05) is 0 Å². The molecule has 3 aromatic carbocycles. The third-order valence-corrected chi connectivity index (χ3v) is 5.95. The maximum atomic E-state index is 12.9. The lowest BCUT2D eigenvalue weighted by Crippen LogP contribution is -2.45. The largest absolute Gasteiger partial charge is 0.493 e. The van der Waals surface area contributed by atoms with E-state index in [0.717, 1.165) is 16.7 Å². The Hall–Kier alpha value is -4.26. The van der Waals surface area contributed by atoms with E-state index in [1.54, 1.807) is 19.2 Å². The number of urea groups is 1. The lowest BCUT2D eigenvalue weighted by Gasteiger charge is -2.29. The molecule has 1 atom stereocenters. The molecule has 1 heterocycles. The van der Waals surface area contributed by atoms with Gasteiger partial charge in [-0.2, -0.15) is 0 Å². The van der Waals surface area contributed by atoms with Gasteiger partial charge in [-0.3, -0.25) is 0 Å². The second-order valence-electron chi connectivity index (χ2n) is 8.31. The Balaban J connectivity index is 1.70. The number of methoxy groups -OCH3 is 2. The Morgan fingerprint density at radius 3 is 2.43 bits per heavy atom. The van der Waals surface area contributed by atoms with Crippen molar-refractivity contribution in [1.82, 2.24) is 10.6 Å². The van der Waals surface area contributed by atoms with E-state index in [1.165, 1.54) is 7.11 Å². The summed E-state index contributed by atoms with van der Waals surface area (Å²) in [6, 6.07) is 19.6. The highest BCUT2D eigenvalue weighted by Gasteiger charge is 2.34. The predicted octanol–water partition coefficient (Wildman–Crippen LogP) is 4.83. The lowest BCUT2D eigenvalue weighted by molar-refractivity contribution is -0.136. The molecule has 0 aromatic heterocycles. The van der Waals surface area contributed by atoms with Crippen LogP contribution in [-0.4, -0.2) is 26.2 Å². The second-order valence-corrected chi connectivity index (χ2v) is 8.31. The van der Waals surface area contributed by atoms with Gasteiger partial charge in [0.25, 0.3) is 0 Å². The highest BCUT2D eigenvalue weighted by molar-refractivity contribution is 6.04. The van der Waals surface area contributed by atoms with Gasteiger partial charge in [0.05, 0.1) is 31.5 Å². The Morgan fingerprint density at radius 2 is 1.71 bits per heavy atom. The average molecular weight is 473 g/mol. The van der Waals surface area contributed by atoms with Crippen LogP contribution < -0.4 is 20.1 Å². The van der Waals surface area contributed by atoms with Gasteiger partial charge in [0.15, 0.2) is 11.5 Å². The maximum Gasteiger partial charge on any atom is 0.338 e. The summed E-state index contributed by atoms with van der Waals surface area (Å²) >= 11 is 0. The minimum Gasteiger partial charge on any atom is -0.493 e. The van der Waals surface area contributed by atoms with Crippen molar-refractivity contribution in [3.8, 4) is 11.5 Å². The first-order valence-electron chi connectivity index (χ1n) is 11.2. The number of benzene rings is 3. The fourth-order valence-corrected chi connectivity index (χ4v) is 4.07. The van der Waals surface area contributed by atoms with Crippen LogP contribution in [0.5, 0.6) is 11.5 Å². The van der Waals surface area contributed by atoms with Gasteiger partial charge in [-0.25, -0.2) is 9.59 Å². The molecule has 1 unspecified atom stereocenters. The molecule has 3 aromatic rings. The number of amides is 2. The molecule has 0 saturated carbocycles. The van der Waals surface area contributed by atoms with Crippen LogP contribution in [0, 0.1) is 13.8 Å². The summed E-state index contributed by atoms with van der Waals surface area (Å²) in [7, 11) is 2.87. The van der Waals surface area contributed by atoms with Crippen LogP contribution in [-0.2, 0) is 16.1 Å². The molecular weight excluding hydrogens is 444 g/mol. The number of ether oxygens (including phenoxy) is 3. The first-order chi connectivity index (χ1) is 16.9. The average Bonchev–Trinajstić information content (AvgIpc) is 2.88. The Bertz CT molecular complexity index is 1280. The molecule has 4 rings (SSSR count). The van der Waals surface area contributed by atoms with Crippen molar-refractivity contribution in [2.75, 3.05) is 14.2 Å². The number of nitrogens with one attached hydrogen (secondary N) is 2. The smallest absolute Gasteiger partial charge is 0.338 e. The first-order valence-corrected chi connectivity index (χ1v) is 11.2. The van der Waals surface area contributed by atoms with Crippen molar-refractivity contribution in [3.63, 3.8) is 0 Å². The van der Waals surface area contributed by atoms with Crippen molar-refractivity contribution in [1.29, 1.82) is 0 Å². The van der Waals surface area contributed by atoms with E-state index in [0.29, 0.717) is 40.5 Å². The molecule has 2 amide bonds. The molecule has 7 heteroatoms. The van der Waals surface area contributed by atoms with Crippen LogP contribution in [0.25, 0.3) is 5.70 Å². The van der Waals surface area contributed by atoms with Gasteiger partial charge in [0.2, 0.25) is 0 Å². The number of hydrogen-bond acceptors (Lipinski definition) is 5. The molecule has 2 N–H and O–H groups in total. The normalized spacial score (nSPS) is 15.2. The van der Waals surface area contributed by atoms with Crippen LogP contribution in [0.15, 0.2) is 72.3 Å². The zero-order chi connectivity index (χ0) is 24.9. The van der Waals surface area contributed by atoms with Gasteiger partial charge >= 0.3 is 12.0 Å². The molecule has 0 aliphatic carbocycles. The van der Waals surface area contributed by atoms with Crippen molar-refractivity contribution in [3.05, 3.63) is 100 Å². The van der Waals surface area contributed by atoms with E-state index in [9.17, 15) is 9.59 Å². The summed E-state index contributed by atoms with van der Waals surface area (Å²) < 4.78 is 16.7. The number of hydrogen-bond donors (Lipinski definition) is 2. The SMILES string of the molecule is COC(=O)C1=C(c2ccccc2)NC(=O)NC1c1ccc(OCc2cc(C)ccc2C)c(OC)c1. The van der Waals surface area contributed by atoms with Gasteiger partial charge in [-0.05, 0) is 48.2 Å². The highest BCUT2D eigenvalue weighted by Crippen LogP contribution is 2.36. The standard InChI is InChI=1S/C28H28N2O5/c1-17-10-11-18(2)21(14-17)16-35-22-13-12-20(15-23(22)33-3)26-24(27(31)34-4)25(29-28(32)30-26)19-8-6-5-7-9-19/h5-15,26H,16H2,1-4H3,(H2,29,30,32). The lowest BCUT2D eigenvalue weighted by atomic mass is 9.92. The van der Waals surface area contributed by atoms with Crippen molar-refractivity contribution in [2.45, 2.75) is 26.5 Å². The molecule has 1 aliphatic heterocycles. The molecule has 1 aliphatic rings. The van der Waals surface area contributed by atoms with E-state index >= 15 is 0 Å². The summed E-state index contributed by atoms with van der Waals surface area (Å²) in [4.78, 5) is 25.4. The van der Waals surface area contributed by atoms with Crippen molar-refractivity contribution >= 4 is 17.7 Å². The number of aryl methyl sites for hydroxylation is 2. The van der Waals surface area contributed by atoms with Crippen LogP contribution in [0.3, 0.4) is 0 Å². The Labute approximate surface area is 204 Å². The fraction of sp³-hybridized carbons (Fsp3) is 0.214. The third kappa shape index (κ3) is 5.14. The minimum atomic E-state index is -0.742. The van der Waals surface area contributed by atoms with Crippen LogP contribution in [0.1, 0.15) is 33.9 Å².